The van der Waals surface area contributed by atoms with E-state index in [0.717, 1.165) is 58.8 Å². The van der Waals surface area contributed by atoms with Crippen LogP contribution in [0.5, 0.6) is 17.2 Å². The van der Waals surface area contributed by atoms with Crippen LogP contribution in [0.15, 0.2) is 81.9 Å². The number of hydrogen-bond acceptors (Lipinski definition) is 12. The SMILES string of the molecule is CCNC(=O)C1=NN=C(c2cc(C(C)C)c(O)cc2O)C1c1ccc2c(ccn2CCC2CCN(C(=O)O[C@]3(CC)C(=O)OCc4c3cc3n(c4=O)Cc4c-3nc3ccc(O)cc3c4CC)CC2)c1. The van der Waals surface area contributed by atoms with E-state index in [0.29, 0.717) is 71.3 Å². The van der Waals surface area contributed by atoms with Crippen molar-refractivity contribution in [2.24, 2.45) is 16.1 Å². The van der Waals surface area contributed by atoms with E-state index < -0.39 is 23.6 Å². The Balaban J connectivity index is 0.832. The molecule has 0 aliphatic carbocycles. The van der Waals surface area contributed by atoms with Gasteiger partial charge in [0.25, 0.3) is 11.5 Å². The van der Waals surface area contributed by atoms with Gasteiger partial charge in [0.15, 0.2) is 0 Å². The van der Waals surface area contributed by atoms with Crippen molar-refractivity contribution in [1.82, 2.24) is 24.3 Å². The highest BCUT2D eigenvalue weighted by Gasteiger charge is 2.51. The number of pyridine rings is 2. The van der Waals surface area contributed by atoms with Gasteiger partial charge in [0.1, 0.15) is 29.6 Å². The van der Waals surface area contributed by atoms with E-state index in [1.165, 1.54) is 6.07 Å². The van der Waals surface area contributed by atoms with Crippen LogP contribution in [0.2, 0.25) is 0 Å². The summed E-state index contributed by atoms with van der Waals surface area (Å²) in [6.45, 7) is 11.6. The summed E-state index contributed by atoms with van der Waals surface area (Å²) in [6, 6.07) is 17.9. The van der Waals surface area contributed by atoms with Crippen molar-refractivity contribution in [2.75, 3.05) is 19.6 Å². The Hall–Kier alpha value is -7.49. The van der Waals surface area contributed by atoms with E-state index >= 15 is 0 Å². The Morgan fingerprint density at radius 3 is 2.48 bits per heavy atom. The molecule has 4 N–H and O–H groups in total. The molecule has 0 bridgehead atoms. The summed E-state index contributed by atoms with van der Waals surface area (Å²) in [6.07, 6.45) is 4.45. The van der Waals surface area contributed by atoms with E-state index in [2.05, 4.69) is 20.1 Å². The third kappa shape index (κ3) is 7.56. The quantitative estimate of drug-likeness (QED) is 0.0923. The minimum Gasteiger partial charge on any atom is -0.508 e. The van der Waals surface area contributed by atoms with Gasteiger partial charge in [0.05, 0.1) is 40.6 Å². The van der Waals surface area contributed by atoms with Crippen LogP contribution < -0.4 is 10.9 Å². The second-order valence-corrected chi connectivity index (χ2v) is 18.8. The summed E-state index contributed by atoms with van der Waals surface area (Å²) in [7, 11) is 0. The van der Waals surface area contributed by atoms with Crippen LogP contribution in [0.25, 0.3) is 33.2 Å². The molecule has 4 aliphatic rings. The molecule has 1 saturated heterocycles. The Kier molecular flexibility index (Phi) is 11.5. The van der Waals surface area contributed by atoms with Crippen LogP contribution in [0.4, 0.5) is 4.79 Å². The van der Waals surface area contributed by atoms with Gasteiger partial charge in [-0.3, -0.25) is 9.59 Å². The van der Waals surface area contributed by atoms with Crippen LogP contribution >= 0.6 is 0 Å². The first-order valence-electron chi connectivity index (χ1n) is 23.9. The smallest absolute Gasteiger partial charge is 0.411 e. The van der Waals surface area contributed by atoms with Crippen LogP contribution in [0.1, 0.15) is 111 Å². The minimum absolute atomic E-state index is 0.0149. The number of fused-ring (bicyclic) bond motifs is 6. The van der Waals surface area contributed by atoms with Crippen molar-refractivity contribution in [2.45, 2.75) is 104 Å². The fourth-order valence-electron chi connectivity index (χ4n) is 10.8. The summed E-state index contributed by atoms with van der Waals surface area (Å²) in [5, 5.41) is 45.2. The molecule has 2 atom stereocenters. The zero-order valence-electron chi connectivity index (χ0n) is 39.3. The molecule has 10 rings (SSSR count). The maximum Gasteiger partial charge on any atom is 0.411 e. The molecule has 0 radical (unpaired) electrons. The van der Waals surface area contributed by atoms with Gasteiger partial charge >= 0.3 is 12.1 Å². The number of aromatic hydroxyl groups is 3. The van der Waals surface area contributed by atoms with Gasteiger partial charge in [0.2, 0.25) is 5.60 Å². The molecule has 3 aromatic carbocycles. The number of carbonyl (C=O) groups is 3. The maximum atomic E-state index is 14.2. The largest absolute Gasteiger partial charge is 0.508 e. The van der Waals surface area contributed by atoms with Gasteiger partial charge in [-0.25, -0.2) is 14.6 Å². The van der Waals surface area contributed by atoms with E-state index in [9.17, 15) is 34.5 Å². The second-order valence-electron chi connectivity index (χ2n) is 18.8. The number of cyclic esters (lactones) is 1. The number of piperidine rings is 1. The number of aryl methyl sites for hydroxylation is 2. The lowest BCUT2D eigenvalue weighted by molar-refractivity contribution is -0.173. The van der Waals surface area contributed by atoms with Crippen LogP contribution in [0.3, 0.4) is 0 Å². The fourth-order valence-corrected chi connectivity index (χ4v) is 10.8. The van der Waals surface area contributed by atoms with E-state index in [-0.39, 0.29) is 65.5 Å². The molecule has 7 heterocycles. The van der Waals surface area contributed by atoms with Gasteiger partial charge in [-0.1, -0.05) is 33.8 Å². The standard InChI is InChI=1S/C53H55N7O9/c1-6-33-35-22-32(61)10-11-40(35)55-46-37(33)26-60-42(46)24-39-38(50(60)65)27-68-51(66)53(39,7-2)69-52(67)59-18-14-29(15-19-59)13-17-58-20-16-30-21-31(9-12-41(30)58)45-47(56-57-48(45)49(64)54-8-3)36-23-34(28(4)5)43(62)25-44(36)63/h9-12,16,20-25,28-29,45,61-63H,6-8,13-15,17-19,26-27H2,1-5H3,(H,54,64)/t45?,53-/m0/s1. The first-order valence-corrected chi connectivity index (χ1v) is 23.9. The number of carbonyl (C=O) groups excluding carboxylic acids is 3. The normalized spacial score (nSPS) is 18.8. The predicted molar refractivity (Wildman–Crippen MR) is 260 cm³/mol. The van der Waals surface area contributed by atoms with Crippen molar-refractivity contribution in [3.63, 3.8) is 0 Å². The van der Waals surface area contributed by atoms with Crippen molar-refractivity contribution in [3.8, 4) is 28.6 Å². The summed E-state index contributed by atoms with van der Waals surface area (Å²) in [4.78, 5) is 62.0. The summed E-state index contributed by atoms with van der Waals surface area (Å²) < 4.78 is 15.7. The molecule has 3 aromatic heterocycles. The van der Waals surface area contributed by atoms with E-state index in [4.69, 9.17) is 14.5 Å². The van der Waals surface area contributed by atoms with E-state index in [1.807, 2.05) is 58.2 Å². The molecule has 0 spiro atoms. The summed E-state index contributed by atoms with van der Waals surface area (Å²) in [5.41, 5.74) is 5.66. The monoisotopic (exact) mass is 933 g/mol. The van der Waals surface area contributed by atoms with E-state index in [1.54, 1.807) is 46.7 Å². The zero-order valence-corrected chi connectivity index (χ0v) is 39.3. The molecule has 16 heteroatoms. The molecule has 0 saturated carbocycles. The average molecular weight is 934 g/mol. The Morgan fingerprint density at radius 1 is 0.942 bits per heavy atom. The third-order valence-electron chi connectivity index (χ3n) is 14.6. The Labute approximate surface area is 397 Å². The molecule has 16 nitrogen and oxygen atoms in total. The molecule has 1 fully saturated rings. The average Bonchev–Trinajstić information content (AvgIpc) is 4.07. The number of esters is 1. The van der Waals surface area contributed by atoms with Crippen molar-refractivity contribution < 1.29 is 39.2 Å². The molecular formula is C53H55N7O9. The van der Waals surface area contributed by atoms with Crippen LogP contribution in [-0.2, 0) is 50.8 Å². The molecular weight excluding hydrogens is 879 g/mol. The number of rotatable bonds is 11. The predicted octanol–water partition coefficient (Wildman–Crippen LogP) is 7.86. The highest BCUT2D eigenvalue weighted by atomic mass is 16.6. The third-order valence-corrected chi connectivity index (χ3v) is 14.6. The summed E-state index contributed by atoms with van der Waals surface area (Å²) in [5.74, 6) is -1.47. The van der Waals surface area contributed by atoms with Gasteiger partial charge in [0, 0.05) is 66.0 Å². The number of benzene rings is 3. The van der Waals surface area contributed by atoms with Gasteiger partial charge in [-0.05, 0) is 121 Å². The van der Waals surface area contributed by atoms with Crippen molar-refractivity contribution >= 4 is 51.2 Å². The molecule has 2 amide bonds. The molecule has 356 valence electrons. The highest BCUT2D eigenvalue weighted by molar-refractivity contribution is 6.47. The molecule has 69 heavy (non-hydrogen) atoms. The number of phenolic OH excluding ortho intramolecular Hbond substituents is 3. The topological polar surface area (TPSA) is 210 Å². The zero-order chi connectivity index (χ0) is 48.5. The number of aromatic nitrogens is 3. The Morgan fingerprint density at radius 2 is 1.74 bits per heavy atom. The maximum absolute atomic E-state index is 14.2. The lowest BCUT2D eigenvalue weighted by Crippen LogP contribution is -2.50. The lowest BCUT2D eigenvalue weighted by atomic mass is 9.84. The molecule has 1 unspecified atom stereocenters. The second kappa shape index (κ2) is 17.5. The van der Waals surface area contributed by atoms with Crippen LogP contribution in [0, 0.1) is 5.92 Å². The molecule has 4 aliphatic heterocycles. The van der Waals surface area contributed by atoms with Gasteiger partial charge in [-0.2, -0.15) is 5.10 Å². The fraction of sp³-hybridized carbons (Fsp3) is 0.377. The number of nitrogens with one attached hydrogen (secondary N) is 1. The number of likely N-dealkylation sites (tertiary alicyclic amines) is 1. The van der Waals surface area contributed by atoms with Gasteiger partial charge in [-0.15, -0.1) is 5.10 Å². The lowest BCUT2D eigenvalue weighted by Gasteiger charge is -2.38. The van der Waals surface area contributed by atoms with Crippen molar-refractivity contribution in [3.05, 3.63) is 116 Å². The number of hydrogen-bond donors (Lipinski definition) is 4. The number of nitrogens with zero attached hydrogens (tertiary/aromatic N) is 6. The van der Waals surface area contributed by atoms with Gasteiger partial charge < -0.3 is 44.1 Å². The molecule has 6 aromatic rings. The van der Waals surface area contributed by atoms with Crippen molar-refractivity contribution in [1.29, 1.82) is 0 Å². The number of amides is 2. The summed E-state index contributed by atoms with van der Waals surface area (Å²) >= 11 is 0. The van der Waals surface area contributed by atoms with Crippen LogP contribution in [-0.4, -0.2) is 83.4 Å². The number of ether oxygens (including phenoxy) is 2. The number of phenols is 3. The first-order chi connectivity index (χ1) is 33.2. The Bertz CT molecular complexity index is 3250. The first kappa shape index (κ1) is 45.3. The highest BCUT2D eigenvalue weighted by Crippen LogP contribution is 2.44. The minimum atomic E-state index is -1.82.